The Bertz CT molecular complexity index is 434. The Morgan fingerprint density at radius 2 is 1.95 bits per heavy atom. The summed E-state index contributed by atoms with van der Waals surface area (Å²) in [5.74, 6) is 1.13. The molecule has 0 aliphatic carbocycles. The van der Waals surface area contributed by atoms with Crippen LogP contribution in [0.3, 0.4) is 0 Å². The normalized spacial score (nSPS) is 18.4. The molecule has 1 aliphatic rings. The molecule has 0 spiro atoms. The molecule has 1 aliphatic heterocycles. The number of carbonyl (C=O) groups is 1. The molecule has 5 nitrogen and oxygen atoms in total. The van der Waals surface area contributed by atoms with Crippen molar-refractivity contribution in [1.29, 1.82) is 0 Å². The van der Waals surface area contributed by atoms with Crippen LogP contribution in [0.2, 0.25) is 0 Å². The zero-order valence-corrected chi connectivity index (χ0v) is 12.1. The molecule has 1 aromatic rings. The van der Waals surface area contributed by atoms with Crippen LogP contribution >= 0.6 is 0 Å². The zero-order valence-electron chi connectivity index (χ0n) is 12.1. The van der Waals surface area contributed by atoms with E-state index in [9.17, 15) is 4.79 Å². The Morgan fingerprint density at radius 3 is 2.50 bits per heavy atom. The topological polar surface area (TPSA) is 59.6 Å². The number of carbonyl (C=O) groups excluding carboxylic acids is 1. The molecular formula is C15H22N2O3. The fourth-order valence-corrected chi connectivity index (χ4v) is 2.35. The highest BCUT2D eigenvalue weighted by Gasteiger charge is 2.15. The van der Waals surface area contributed by atoms with Crippen LogP contribution in [0.15, 0.2) is 18.2 Å². The minimum Gasteiger partial charge on any atom is -0.497 e. The second-order valence-corrected chi connectivity index (χ2v) is 4.96. The highest BCUT2D eigenvalue weighted by Crippen LogP contribution is 2.22. The lowest BCUT2D eigenvalue weighted by atomic mass is 10.0. The van der Waals surface area contributed by atoms with Crippen molar-refractivity contribution in [1.82, 2.24) is 10.6 Å². The maximum Gasteiger partial charge on any atom is 0.251 e. The molecule has 1 heterocycles. The molecule has 1 amide bonds. The molecule has 110 valence electrons. The van der Waals surface area contributed by atoms with Crippen molar-refractivity contribution in [2.45, 2.75) is 25.3 Å². The van der Waals surface area contributed by atoms with Gasteiger partial charge in [0.15, 0.2) is 0 Å². The standard InChI is InChI=1S/C15H22N2O3/c1-19-13-7-11(8-14(9-13)20-2)15(18)17-10-12-5-3-4-6-16-12/h7-9,12,16H,3-6,10H2,1-2H3,(H,17,18). The van der Waals surface area contributed by atoms with Crippen molar-refractivity contribution in [2.75, 3.05) is 27.3 Å². The molecule has 1 aromatic carbocycles. The number of amides is 1. The number of methoxy groups -OCH3 is 2. The Morgan fingerprint density at radius 1 is 1.25 bits per heavy atom. The van der Waals surface area contributed by atoms with Gasteiger partial charge in [0.1, 0.15) is 11.5 Å². The van der Waals surface area contributed by atoms with E-state index in [-0.39, 0.29) is 5.91 Å². The maximum atomic E-state index is 12.2. The van der Waals surface area contributed by atoms with Gasteiger partial charge in [-0.25, -0.2) is 0 Å². The number of nitrogens with one attached hydrogen (secondary N) is 2. The number of hydrogen-bond acceptors (Lipinski definition) is 4. The quantitative estimate of drug-likeness (QED) is 0.858. The smallest absolute Gasteiger partial charge is 0.251 e. The lowest BCUT2D eigenvalue weighted by Crippen LogP contribution is -2.43. The first-order chi connectivity index (χ1) is 9.72. The minimum absolute atomic E-state index is 0.102. The average Bonchev–Trinajstić information content (AvgIpc) is 2.52. The van der Waals surface area contributed by atoms with Gasteiger partial charge in [0, 0.05) is 24.2 Å². The fraction of sp³-hybridized carbons (Fsp3) is 0.533. The summed E-state index contributed by atoms with van der Waals surface area (Å²) in [6, 6.07) is 5.55. The first kappa shape index (κ1) is 14.7. The summed E-state index contributed by atoms with van der Waals surface area (Å²) in [5.41, 5.74) is 0.553. The molecule has 0 aromatic heterocycles. The first-order valence-electron chi connectivity index (χ1n) is 6.97. The van der Waals surface area contributed by atoms with Gasteiger partial charge in [0.05, 0.1) is 14.2 Å². The molecule has 1 unspecified atom stereocenters. The van der Waals surface area contributed by atoms with Crippen LogP contribution in [-0.4, -0.2) is 39.3 Å². The van der Waals surface area contributed by atoms with Crippen LogP contribution in [0.25, 0.3) is 0 Å². The van der Waals surface area contributed by atoms with E-state index in [4.69, 9.17) is 9.47 Å². The summed E-state index contributed by atoms with van der Waals surface area (Å²) in [7, 11) is 3.14. The van der Waals surface area contributed by atoms with E-state index < -0.39 is 0 Å². The molecule has 1 atom stereocenters. The van der Waals surface area contributed by atoms with Gasteiger partial charge < -0.3 is 20.1 Å². The lowest BCUT2D eigenvalue weighted by molar-refractivity contribution is 0.0947. The largest absolute Gasteiger partial charge is 0.497 e. The van der Waals surface area contributed by atoms with Crippen molar-refractivity contribution in [3.63, 3.8) is 0 Å². The van der Waals surface area contributed by atoms with Crippen LogP contribution < -0.4 is 20.1 Å². The molecule has 2 rings (SSSR count). The maximum absolute atomic E-state index is 12.2. The molecule has 0 radical (unpaired) electrons. The Kier molecular flexibility index (Phi) is 5.24. The summed E-state index contributed by atoms with van der Waals surface area (Å²) < 4.78 is 10.3. The van der Waals surface area contributed by atoms with Gasteiger partial charge in [-0.15, -0.1) is 0 Å². The van der Waals surface area contributed by atoms with E-state index >= 15 is 0 Å². The molecule has 0 saturated carbocycles. The van der Waals surface area contributed by atoms with E-state index in [1.165, 1.54) is 12.8 Å². The molecular weight excluding hydrogens is 256 g/mol. The van der Waals surface area contributed by atoms with E-state index in [0.717, 1.165) is 13.0 Å². The van der Waals surface area contributed by atoms with Gasteiger partial charge in [-0.1, -0.05) is 6.42 Å². The monoisotopic (exact) mass is 278 g/mol. The third kappa shape index (κ3) is 3.87. The van der Waals surface area contributed by atoms with Crippen LogP contribution in [0.5, 0.6) is 11.5 Å². The summed E-state index contributed by atoms with van der Waals surface area (Å²) in [5, 5.41) is 6.37. The Hall–Kier alpha value is -1.75. The fourth-order valence-electron chi connectivity index (χ4n) is 2.35. The Labute approximate surface area is 119 Å². The van der Waals surface area contributed by atoms with Gasteiger partial charge in [-0.05, 0) is 31.5 Å². The highest BCUT2D eigenvalue weighted by atomic mass is 16.5. The van der Waals surface area contributed by atoms with Crippen molar-refractivity contribution in [3.8, 4) is 11.5 Å². The molecule has 1 saturated heterocycles. The second kappa shape index (κ2) is 7.14. The van der Waals surface area contributed by atoms with Gasteiger partial charge in [0.2, 0.25) is 0 Å². The summed E-state index contributed by atoms with van der Waals surface area (Å²) in [6.07, 6.45) is 3.56. The van der Waals surface area contributed by atoms with Gasteiger partial charge in [-0.2, -0.15) is 0 Å². The van der Waals surface area contributed by atoms with Gasteiger partial charge in [-0.3, -0.25) is 4.79 Å². The van der Waals surface area contributed by atoms with E-state index in [1.54, 1.807) is 32.4 Å². The first-order valence-corrected chi connectivity index (χ1v) is 6.97. The van der Waals surface area contributed by atoms with Crippen molar-refractivity contribution in [3.05, 3.63) is 23.8 Å². The number of rotatable bonds is 5. The van der Waals surface area contributed by atoms with Crippen molar-refractivity contribution in [2.24, 2.45) is 0 Å². The molecule has 1 fully saturated rings. The zero-order chi connectivity index (χ0) is 14.4. The van der Waals surface area contributed by atoms with Crippen molar-refractivity contribution >= 4 is 5.91 Å². The lowest BCUT2D eigenvalue weighted by Gasteiger charge is -2.23. The predicted molar refractivity (Wildman–Crippen MR) is 77.5 cm³/mol. The van der Waals surface area contributed by atoms with Crippen molar-refractivity contribution < 1.29 is 14.3 Å². The minimum atomic E-state index is -0.102. The van der Waals surface area contributed by atoms with Crippen LogP contribution in [0.1, 0.15) is 29.6 Å². The third-order valence-corrected chi connectivity index (χ3v) is 3.54. The third-order valence-electron chi connectivity index (χ3n) is 3.54. The number of hydrogen-bond donors (Lipinski definition) is 2. The average molecular weight is 278 g/mol. The van der Waals surface area contributed by atoms with Crippen LogP contribution in [0.4, 0.5) is 0 Å². The Balaban J connectivity index is 1.97. The van der Waals surface area contributed by atoms with Gasteiger partial charge in [0.25, 0.3) is 5.91 Å². The number of ether oxygens (including phenoxy) is 2. The van der Waals surface area contributed by atoms with E-state index in [0.29, 0.717) is 29.6 Å². The number of piperidine rings is 1. The van der Waals surface area contributed by atoms with Crippen LogP contribution in [0, 0.1) is 0 Å². The summed E-state index contributed by atoms with van der Waals surface area (Å²) >= 11 is 0. The summed E-state index contributed by atoms with van der Waals surface area (Å²) in [4.78, 5) is 12.2. The molecule has 20 heavy (non-hydrogen) atoms. The van der Waals surface area contributed by atoms with E-state index in [2.05, 4.69) is 10.6 Å². The predicted octanol–water partition coefficient (Wildman–Crippen LogP) is 1.58. The second-order valence-electron chi connectivity index (χ2n) is 4.96. The van der Waals surface area contributed by atoms with E-state index in [1.807, 2.05) is 0 Å². The molecule has 2 N–H and O–H groups in total. The van der Waals surface area contributed by atoms with Crippen LogP contribution in [-0.2, 0) is 0 Å². The van der Waals surface area contributed by atoms with Gasteiger partial charge >= 0.3 is 0 Å². The summed E-state index contributed by atoms with van der Waals surface area (Å²) in [6.45, 7) is 1.69. The highest BCUT2D eigenvalue weighted by molar-refractivity contribution is 5.95. The SMILES string of the molecule is COc1cc(OC)cc(C(=O)NCC2CCCCN2)c1. The molecule has 5 heteroatoms. The molecule has 0 bridgehead atoms. The number of benzene rings is 1.